The number of carbonyl (C=O) groups is 4. The fraction of sp³-hybridized carbons (Fsp3) is 0.333. The van der Waals surface area contributed by atoms with Gasteiger partial charge in [-0.2, -0.15) is 0 Å². The Bertz CT molecular complexity index is 2330. The van der Waals surface area contributed by atoms with Crippen molar-refractivity contribution in [1.82, 2.24) is 0 Å². The Balaban J connectivity index is 1.38. The number of aromatic hydroxyl groups is 2. The van der Waals surface area contributed by atoms with Gasteiger partial charge in [0.05, 0.1) is 46.6 Å². The molecular weight excluding hydrogens is 824 g/mol. The minimum atomic E-state index is -1.94. The molecule has 2 fully saturated rings. The molecule has 326 valence electrons. The number of hydrogen-bond donors (Lipinski definition) is 12. The third kappa shape index (κ3) is 6.73. The van der Waals surface area contributed by atoms with E-state index in [-0.39, 0.29) is 44.9 Å². The van der Waals surface area contributed by atoms with Crippen molar-refractivity contribution in [2.75, 3.05) is 13.2 Å². The van der Waals surface area contributed by atoms with Crippen LogP contribution < -0.4 is 9.47 Å². The molecule has 0 saturated carbocycles. The normalized spacial score (nSPS) is 30.1. The molecule has 12 atom stereocenters. The van der Waals surface area contributed by atoms with Crippen LogP contribution in [0.25, 0.3) is 0 Å². The van der Waals surface area contributed by atoms with Gasteiger partial charge in [-0.3, -0.25) is 9.59 Å². The maximum Gasteiger partial charge on any atom is 0.335 e. The maximum absolute atomic E-state index is 14.7. The van der Waals surface area contributed by atoms with E-state index >= 15 is 0 Å². The summed E-state index contributed by atoms with van der Waals surface area (Å²) in [5, 5.41) is 126. The molecule has 20 heteroatoms. The number of carbonyl (C=O) groups excluding carboxylic acids is 2. The summed E-state index contributed by atoms with van der Waals surface area (Å²) in [7, 11) is 0. The molecule has 62 heavy (non-hydrogen) atoms. The fourth-order valence-corrected chi connectivity index (χ4v) is 8.71. The highest BCUT2D eigenvalue weighted by Gasteiger charge is 2.50. The van der Waals surface area contributed by atoms with E-state index in [1.54, 1.807) is 0 Å². The van der Waals surface area contributed by atoms with Crippen molar-refractivity contribution in [1.29, 1.82) is 0 Å². The van der Waals surface area contributed by atoms with Crippen LogP contribution >= 0.6 is 0 Å². The van der Waals surface area contributed by atoms with E-state index in [9.17, 15) is 80.5 Å². The molecule has 2 aliphatic heterocycles. The summed E-state index contributed by atoms with van der Waals surface area (Å²) in [6.45, 7) is -1.64. The molecule has 8 rings (SSSR count). The van der Waals surface area contributed by atoms with Crippen LogP contribution in [0.15, 0.2) is 60.7 Å². The van der Waals surface area contributed by atoms with Crippen molar-refractivity contribution in [3.05, 3.63) is 116 Å². The second-order valence-electron chi connectivity index (χ2n) is 15.2. The number of phenols is 2. The van der Waals surface area contributed by atoms with Crippen LogP contribution in [0.4, 0.5) is 0 Å². The van der Waals surface area contributed by atoms with Crippen LogP contribution in [0, 0.1) is 0 Å². The van der Waals surface area contributed by atoms with Gasteiger partial charge in [-0.05, 0) is 58.7 Å². The first-order valence-corrected chi connectivity index (χ1v) is 19.0. The number of hydrogen-bond acceptors (Lipinski definition) is 18. The molecule has 0 amide bonds. The lowest BCUT2D eigenvalue weighted by Crippen LogP contribution is -2.60. The van der Waals surface area contributed by atoms with Crippen molar-refractivity contribution in [3.8, 4) is 23.0 Å². The van der Waals surface area contributed by atoms with Crippen molar-refractivity contribution < 1.29 is 99.4 Å². The molecule has 4 aromatic carbocycles. The SMILES string of the molecule is O=C(O)c1cc(O)c2c(c1)C([C@H]1c3cc(C(=O)O)cc(O)c3C(=O)c3c(O[C@@H]4OC(CO)[C@@H](O)[C@H](O)[C@H]4O)cccc31)c1cccc(OC3OC(CO)[C@@H](O)[C@H](O)[C@H]3O)c1C2=O. The standard InChI is InChI=1S/C42H38O20/c43-11-23-31(47)35(51)37(53)41(61-23)59-21-5-1-3-15-25(17-7-13(39(55)56)9-19(45)27(17)33(49)29(15)21)26-16-4-2-6-22(60-42-38(54)36(52)32(48)24(12-44)62-42)30(16)34(50)28-18(26)8-14(40(57)58)10-20(28)46/h1-10,23-26,31-32,35-38,41-48,51-54H,11-12H2,(H,55,56)(H,57,58)/t23?,24?,25-,26?,31-,32-,35+,36+,37-,38-,41-,42?/m1/s1. The first kappa shape index (κ1) is 42.6. The number of phenolic OH excluding ortho intramolecular Hbond substituents is 2. The molecule has 2 aliphatic carbocycles. The van der Waals surface area contributed by atoms with Gasteiger partial charge < -0.3 is 80.2 Å². The van der Waals surface area contributed by atoms with Crippen LogP contribution in [0.1, 0.15) is 86.6 Å². The van der Waals surface area contributed by atoms with Gasteiger partial charge in [0.2, 0.25) is 24.1 Å². The van der Waals surface area contributed by atoms with E-state index < -0.39 is 144 Å². The summed E-state index contributed by atoms with van der Waals surface area (Å²) in [5.41, 5.74) is -2.87. The predicted octanol–water partition coefficient (Wildman–Crippen LogP) is -1.10. The number of aliphatic hydroxyl groups is 8. The predicted molar refractivity (Wildman–Crippen MR) is 202 cm³/mol. The quantitative estimate of drug-likeness (QED) is 0.0950. The van der Waals surface area contributed by atoms with Gasteiger partial charge in [0.15, 0.2) is 0 Å². The number of aliphatic hydroxyl groups excluding tert-OH is 8. The number of rotatable bonds is 9. The van der Waals surface area contributed by atoms with Crippen molar-refractivity contribution in [2.24, 2.45) is 0 Å². The highest BCUT2D eigenvalue weighted by Crippen LogP contribution is 2.56. The molecule has 0 bridgehead atoms. The Morgan fingerprint density at radius 1 is 0.516 bits per heavy atom. The molecule has 20 nitrogen and oxygen atoms in total. The number of benzene rings is 4. The second-order valence-corrected chi connectivity index (χ2v) is 15.2. The first-order valence-electron chi connectivity index (χ1n) is 19.0. The number of fused-ring (bicyclic) bond motifs is 4. The Kier molecular flexibility index (Phi) is 11.0. The van der Waals surface area contributed by atoms with Crippen LogP contribution in [0.3, 0.4) is 0 Å². The summed E-state index contributed by atoms with van der Waals surface area (Å²) in [5.74, 6) is -10.1. The van der Waals surface area contributed by atoms with E-state index in [4.69, 9.17) is 18.9 Å². The Morgan fingerprint density at radius 3 is 1.23 bits per heavy atom. The van der Waals surface area contributed by atoms with Gasteiger partial charge >= 0.3 is 11.9 Å². The van der Waals surface area contributed by atoms with Crippen LogP contribution in [-0.4, -0.2) is 159 Å². The number of aromatic carboxylic acids is 2. The molecule has 12 N–H and O–H groups in total. The van der Waals surface area contributed by atoms with Gasteiger partial charge in [-0.25, -0.2) is 9.59 Å². The van der Waals surface area contributed by atoms with Crippen LogP contribution in [0.2, 0.25) is 0 Å². The fourth-order valence-electron chi connectivity index (χ4n) is 8.71. The molecule has 0 spiro atoms. The molecule has 4 unspecified atom stereocenters. The number of ether oxygens (including phenoxy) is 4. The van der Waals surface area contributed by atoms with Crippen LogP contribution in [-0.2, 0) is 9.47 Å². The average molecular weight is 863 g/mol. The minimum absolute atomic E-state index is 0.00301. The molecule has 2 saturated heterocycles. The first-order chi connectivity index (χ1) is 29.5. The molecule has 2 heterocycles. The lowest BCUT2D eigenvalue weighted by Gasteiger charge is -2.41. The number of carboxylic acids is 2. The topological polar surface area (TPSA) is 348 Å². The van der Waals surface area contributed by atoms with E-state index in [2.05, 4.69) is 0 Å². The van der Waals surface area contributed by atoms with Gasteiger partial charge in [0, 0.05) is 11.8 Å². The highest BCUT2D eigenvalue weighted by molar-refractivity contribution is 6.18. The zero-order valence-electron chi connectivity index (χ0n) is 31.7. The lowest BCUT2D eigenvalue weighted by molar-refractivity contribution is -0.277. The van der Waals surface area contributed by atoms with E-state index in [0.29, 0.717) is 0 Å². The monoisotopic (exact) mass is 862 g/mol. The Labute approximate surface area is 348 Å². The second kappa shape index (κ2) is 16.0. The molecule has 4 aliphatic rings. The van der Waals surface area contributed by atoms with E-state index in [1.807, 2.05) is 0 Å². The van der Waals surface area contributed by atoms with Crippen molar-refractivity contribution in [3.63, 3.8) is 0 Å². The Morgan fingerprint density at radius 2 is 0.887 bits per heavy atom. The summed E-state index contributed by atoms with van der Waals surface area (Å²) >= 11 is 0. The zero-order valence-corrected chi connectivity index (χ0v) is 31.7. The zero-order chi connectivity index (χ0) is 44.6. The lowest BCUT2D eigenvalue weighted by atomic mass is 9.63. The number of ketones is 2. The van der Waals surface area contributed by atoms with E-state index in [1.165, 1.54) is 36.4 Å². The van der Waals surface area contributed by atoms with Gasteiger partial charge in [-0.1, -0.05) is 24.3 Å². The third-order valence-electron chi connectivity index (χ3n) is 11.7. The molecule has 0 aromatic heterocycles. The molecule has 4 aromatic rings. The average Bonchev–Trinajstić information content (AvgIpc) is 3.24. The summed E-state index contributed by atoms with van der Waals surface area (Å²) < 4.78 is 23.0. The Hall–Kier alpha value is -6.04. The van der Waals surface area contributed by atoms with E-state index in [0.717, 1.165) is 24.3 Å². The summed E-state index contributed by atoms with van der Waals surface area (Å²) in [6, 6.07) is 11.9. The van der Waals surface area contributed by atoms with Crippen molar-refractivity contribution >= 4 is 23.5 Å². The minimum Gasteiger partial charge on any atom is -0.507 e. The summed E-state index contributed by atoms with van der Waals surface area (Å²) in [6.07, 6.45) is -17.7. The molecular formula is C42H38O20. The summed E-state index contributed by atoms with van der Waals surface area (Å²) in [4.78, 5) is 54.2. The molecule has 0 radical (unpaired) electrons. The third-order valence-corrected chi connectivity index (χ3v) is 11.7. The van der Waals surface area contributed by atoms with Crippen LogP contribution in [0.5, 0.6) is 23.0 Å². The largest absolute Gasteiger partial charge is 0.507 e. The highest BCUT2D eigenvalue weighted by atomic mass is 16.7. The smallest absolute Gasteiger partial charge is 0.335 e. The van der Waals surface area contributed by atoms with Gasteiger partial charge in [-0.15, -0.1) is 0 Å². The van der Waals surface area contributed by atoms with Gasteiger partial charge in [0.1, 0.15) is 71.8 Å². The maximum atomic E-state index is 14.7. The van der Waals surface area contributed by atoms with Crippen molar-refractivity contribution in [2.45, 2.75) is 73.2 Å². The van der Waals surface area contributed by atoms with Gasteiger partial charge in [0.25, 0.3) is 0 Å². The number of carboxylic acid groups (broad SMARTS) is 2.